The van der Waals surface area contributed by atoms with E-state index in [1.54, 1.807) is 0 Å². The summed E-state index contributed by atoms with van der Waals surface area (Å²) in [5, 5.41) is 16.1. The number of nitrogens with one attached hydrogen (secondary N) is 1. The highest BCUT2D eigenvalue weighted by atomic mass is 79.9. The van der Waals surface area contributed by atoms with Crippen molar-refractivity contribution in [3.8, 4) is 0 Å². The van der Waals surface area contributed by atoms with Gasteiger partial charge in [-0.2, -0.15) is 0 Å². The van der Waals surface area contributed by atoms with Crippen molar-refractivity contribution in [2.45, 2.75) is 32.3 Å². The molecule has 0 aromatic heterocycles. The molecule has 0 fully saturated rings. The summed E-state index contributed by atoms with van der Waals surface area (Å²) in [6.45, 7) is 4.61. The predicted molar refractivity (Wildman–Crippen MR) is 85.7 cm³/mol. The van der Waals surface area contributed by atoms with Crippen molar-refractivity contribution < 1.29 is 5.11 Å². The fourth-order valence-electron chi connectivity index (χ4n) is 2.18. The maximum Gasteiger partial charge on any atom is 0.0814 e. The van der Waals surface area contributed by atoms with Gasteiger partial charge in [-0.3, -0.25) is 0 Å². The molecule has 2 rings (SSSR count). The molecule has 0 heterocycles. The molecule has 0 bridgehead atoms. The molecule has 102 valence electrons. The largest absolute Gasteiger partial charge is 0.388 e. The van der Waals surface area contributed by atoms with Gasteiger partial charge in [0.15, 0.2) is 0 Å². The Morgan fingerprint density at radius 2 is 1.68 bits per heavy atom. The number of hydrogen-bond donors (Lipinski definition) is 2. The van der Waals surface area contributed by atoms with Gasteiger partial charge < -0.3 is 10.4 Å². The molecule has 0 atom stereocenters. The van der Waals surface area contributed by atoms with Crippen LogP contribution >= 0.6 is 15.9 Å². The lowest BCUT2D eigenvalue weighted by molar-refractivity contribution is 0.0457. The van der Waals surface area contributed by atoms with Crippen LogP contribution < -0.4 is 5.32 Å². The zero-order chi connectivity index (χ0) is 13.9. The zero-order valence-electron chi connectivity index (χ0n) is 11.4. The summed E-state index contributed by atoms with van der Waals surface area (Å²) in [5.41, 5.74) is 0.438. The summed E-state index contributed by atoms with van der Waals surface area (Å²) in [6.07, 6.45) is 1.51. The van der Waals surface area contributed by atoms with Gasteiger partial charge in [0.05, 0.1) is 5.60 Å². The molecule has 0 amide bonds. The van der Waals surface area contributed by atoms with Gasteiger partial charge in [-0.1, -0.05) is 54.0 Å². The maximum atomic E-state index is 10.3. The lowest BCUT2D eigenvalue weighted by atomic mass is 9.97. The third kappa shape index (κ3) is 3.10. The van der Waals surface area contributed by atoms with E-state index < -0.39 is 5.60 Å². The number of aliphatic hydroxyl groups is 1. The maximum absolute atomic E-state index is 10.3. The Morgan fingerprint density at radius 1 is 1.05 bits per heavy atom. The minimum Gasteiger partial charge on any atom is -0.388 e. The SMILES string of the molecule is CCC(O)(CC)CNc1ccc(Br)c2ccccc12. The lowest BCUT2D eigenvalue weighted by Gasteiger charge is -2.26. The van der Waals surface area contributed by atoms with Crippen molar-refractivity contribution in [1.29, 1.82) is 0 Å². The van der Waals surface area contributed by atoms with E-state index >= 15 is 0 Å². The van der Waals surface area contributed by atoms with Crippen LogP contribution in [0.15, 0.2) is 40.9 Å². The number of benzene rings is 2. The number of halogens is 1. The fourth-order valence-corrected chi connectivity index (χ4v) is 2.65. The van der Waals surface area contributed by atoms with Crippen LogP contribution in [0.2, 0.25) is 0 Å². The second kappa shape index (κ2) is 5.93. The number of rotatable bonds is 5. The van der Waals surface area contributed by atoms with Crippen LogP contribution in [0.25, 0.3) is 10.8 Å². The Kier molecular flexibility index (Phi) is 4.48. The summed E-state index contributed by atoms with van der Waals surface area (Å²) in [4.78, 5) is 0. The van der Waals surface area contributed by atoms with Gasteiger partial charge in [-0.15, -0.1) is 0 Å². The van der Waals surface area contributed by atoms with Gasteiger partial charge in [0.1, 0.15) is 0 Å². The van der Waals surface area contributed by atoms with Crippen molar-refractivity contribution in [2.24, 2.45) is 0 Å². The van der Waals surface area contributed by atoms with Crippen molar-refractivity contribution in [1.82, 2.24) is 0 Å². The van der Waals surface area contributed by atoms with Crippen LogP contribution in [-0.4, -0.2) is 17.3 Å². The first kappa shape index (κ1) is 14.4. The minimum absolute atomic E-state index is 0.575. The quantitative estimate of drug-likeness (QED) is 0.845. The summed E-state index contributed by atoms with van der Waals surface area (Å²) in [6, 6.07) is 12.4. The standard InChI is InChI=1S/C16H20BrNO/c1-3-16(19,4-2)11-18-15-10-9-14(17)12-7-5-6-8-13(12)15/h5-10,18-19H,3-4,11H2,1-2H3. The van der Waals surface area contributed by atoms with Gasteiger partial charge in [0.25, 0.3) is 0 Å². The van der Waals surface area contributed by atoms with E-state index in [0.29, 0.717) is 6.54 Å². The van der Waals surface area contributed by atoms with Gasteiger partial charge >= 0.3 is 0 Å². The monoisotopic (exact) mass is 321 g/mol. The molecule has 0 aliphatic carbocycles. The van der Waals surface area contributed by atoms with E-state index in [1.807, 2.05) is 32.0 Å². The molecular formula is C16H20BrNO. The lowest BCUT2D eigenvalue weighted by Crippen LogP contribution is -2.35. The Morgan fingerprint density at radius 3 is 2.32 bits per heavy atom. The average molecular weight is 322 g/mol. The highest BCUT2D eigenvalue weighted by Gasteiger charge is 2.21. The third-order valence-electron chi connectivity index (χ3n) is 3.79. The van der Waals surface area contributed by atoms with Crippen molar-refractivity contribution in [3.05, 3.63) is 40.9 Å². The van der Waals surface area contributed by atoms with Gasteiger partial charge in [-0.25, -0.2) is 0 Å². The van der Waals surface area contributed by atoms with E-state index in [2.05, 4.69) is 39.4 Å². The van der Waals surface area contributed by atoms with Gasteiger partial charge in [-0.05, 0) is 30.4 Å². The molecule has 19 heavy (non-hydrogen) atoms. The molecular weight excluding hydrogens is 302 g/mol. The highest BCUT2D eigenvalue weighted by Crippen LogP contribution is 2.30. The zero-order valence-corrected chi connectivity index (χ0v) is 13.0. The first-order chi connectivity index (χ1) is 9.09. The average Bonchev–Trinajstić information content (AvgIpc) is 2.46. The summed E-state index contributed by atoms with van der Waals surface area (Å²) < 4.78 is 1.09. The molecule has 3 heteroatoms. The van der Waals surface area contributed by atoms with Crippen LogP contribution in [0.5, 0.6) is 0 Å². The predicted octanol–water partition coefficient (Wildman–Crippen LogP) is 4.57. The smallest absolute Gasteiger partial charge is 0.0814 e. The molecule has 0 saturated carbocycles. The van der Waals surface area contributed by atoms with E-state index in [1.165, 1.54) is 10.8 Å². The van der Waals surface area contributed by atoms with Crippen molar-refractivity contribution in [3.63, 3.8) is 0 Å². The van der Waals surface area contributed by atoms with E-state index in [9.17, 15) is 5.11 Å². The Bertz CT molecular complexity index is 564. The molecule has 2 nitrogen and oxygen atoms in total. The summed E-state index contributed by atoms with van der Waals surface area (Å²) >= 11 is 3.57. The first-order valence-electron chi connectivity index (χ1n) is 6.73. The Labute approximate surface area is 123 Å². The molecule has 2 aromatic rings. The van der Waals surface area contributed by atoms with Crippen LogP contribution in [0, 0.1) is 0 Å². The molecule has 0 aliphatic heterocycles. The van der Waals surface area contributed by atoms with Crippen LogP contribution in [0.4, 0.5) is 5.69 Å². The Balaban J connectivity index is 2.29. The second-order valence-electron chi connectivity index (χ2n) is 4.93. The van der Waals surface area contributed by atoms with Crippen molar-refractivity contribution >= 4 is 32.4 Å². The third-order valence-corrected chi connectivity index (χ3v) is 4.49. The van der Waals surface area contributed by atoms with E-state index in [4.69, 9.17) is 0 Å². The first-order valence-corrected chi connectivity index (χ1v) is 7.52. The highest BCUT2D eigenvalue weighted by molar-refractivity contribution is 9.10. The van der Waals surface area contributed by atoms with Gasteiger partial charge in [0, 0.05) is 22.1 Å². The summed E-state index contributed by atoms with van der Waals surface area (Å²) in [7, 11) is 0. The van der Waals surface area contributed by atoms with Crippen LogP contribution in [0.1, 0.15) is 26.7 Å². The van der Waals surface area contributed by atoms with Crippen LogP contribution in [0.3, 0.4) is 0 Å². The molecule has 0 radical (unpaired) electrons. The minimum atomic E-state index is -0.631. The number of hydrogen-bond acceptors (Lipinski definition) is 2. The molecule has 2 aromatic carbocycles. The van der Waals surface area contributed by atoms with E-state index in [0.717, 1.165) is 23.0 Å². The van der Waals surface area contributed by atoms with Crippen molar-refractivity contribution in [2.75, 3.05) is 11.9 Å². The molecule has 0 saturated heterocycles. The molecule has 2 N–H and O–H groups in total. The van der Waals surface area contributed by atoms with Gasteiger partial charge in [0.2, 0.25) is 0 Å². The number of anilines is 1. The molecule has 0 aliphatic rings. The normalized spacial score (nSPS) is 11.8. The Hall–Kier alpha value is -1.06. The summed E-state index contributed by atoms with van der Waals surface area (Å²) in [5.74, 6) is 0. The van der Waals surface area contributed by atoms with Crippen LogP contribution in [-0.2, 0) is 0 Å². The molecule has 0 spiro atoms. The second-order valence-corrected chi connectivity index (χ2v) is 5.78. The fraction of sp³-hybridized carbons (Fsp3) is 0.375. The number of fused-ring (bicyclic) bond motifs is 1. The topological polar surface area (TPSA) is 32.3 Å². The van der Waals surface area contributed by atoms with E-state index in [-0.39, 0.29) is 0 Å². The molecule has 0 unspecified atom stereocenters.